The minimum Gasteiger partial charge on any atom is -0.381 e. The lowest BCUT2D eigenvalue weighted by Crippen LogP contribution is -2.48. The SMILES string of the molecule is Cc1cc(S(=O)(=O)NC(=O)c2ccc(N3CCN(C(=O)c4ccccc4-c4ccc(N(C)C)cc4)CC3)cc2)ccc1N[C@H](CCN(C)C)CSc1ccccc1. The Morgan fingerprint density at radius 3 is 2.11 bits per heavy atom. The monoisotopic (exact) mass is 804 g/mol. The fraction of sp³-hybridized carbons (Fsp3) is 0.289. The van der Waals surface area contributed by atoms with Gasteiger partial charge in [-0.3, -0.25) is 9.59 Å². The number of anilines is 3. The van der Waals surface area contributed by atoms with Crippen LogP contribution in [0.5, 0.6) is 0 Å². The van der Waals surface area contributed by atoms with Gasteiger partial charge in [0, 0.05) is 85.2 Å². The lowest BCUT2D eigenvalue weighted by atomic mass is 9.98. The molecule has 1 aliphatic rings. The van der Waals surface area contributed by atoms with Crippen LogP contribution in [-0.4, -0.2) is 103 Å². The first-order valence-corrected chi connectivity index (χ1v) is 21.6. The van der Waals surface area contributed by atoms with Crippen LogP contribution in [0.15, 0.2) is 131 Å². The van der Waals surface area contributed by atoms with E-state index >= 15 is 0 Å². The van der Waals surface area contributed by atoms with E-state index in [-0.39, 0.29) is 22.4 Å². The fourth-order valence-electron chi connectivity index (χ4n) is 6.77. The molecular formula is C45H52N6O4S2. The number of sulfonamides is 1. The molecule has 1 fully saturated rings. The molecule has 0 radical (unpaired) electrons. The Bertz CT molecular complexity index is 2240. The lowest BCUT2D eigenvalue weighted by molar-refractivity contribution is 0.0747. The first-order valence-electron chi connectivity index (χ1n) is 19.2. The summed E-state index contributed by atoms with van der Waals surface area (Å²) in [4.78, 5) is 36.4. The number of hydrogen-bond donors (Lipinski definition) is 2. The van der Waals surface area contributed by atoms with Crippen molar-refractivity contribution in [2.24, 2.45) is 0 Å². The van der Waals surface area contributed by atoms with Crippen LogP contribution in [0.1, 0.15) is 32.7 Å². The largest absolute Gasteiger partial charge is 0.381 e. The molecule has 0 unspecified atom stereocenters. The number of rotatable bonds is 15. The van der Waals surface area contributed by atoms with Crippen LogP contribution >= 0.6 is 11.8 Å². The van der Waals surface area contributed by atoms with E-state index < -0.39 is 15.9 Å². The maximum Gasteiger partial charge on any atom is 0.264 e. The maximum atomic E-state index is 13.7. The smallest absolute Gasteiger partial charge is 0.264 e. The van der Waals surface area contributed by atoms with Crippen LogP contribution in [-0.2, 0) is 10.0 Å². The number of carbonyl (C=O) groups excluding carboxylic acids is 2. The molecule has 298 valence electrons. The Kier molecular flexibility index (Phi) is 13.6. The summed E-state index contributed by atoms with van der Waals surface area (Å²) >= 11 is 1.78. The molecular weight excluding hydrogens is 753 g/mol. The van der Waals surface area contributed by atoms with Gasteiger partial charge in [-0.2, -0.15) is 0 Å². The molecule has 0 aliphatic carbocycles. The number of piperazine rings is 1. The zero-order valence-corrected chi connectivity index (χ0v) is 34.9. The zero-order chi connectivity index (χ0) is 40.5. The summed E-state index contributed by atoms with van der Waals surface area (Å²) in [5.74, 6) is 0.150. The first-order chi connectivity index (χ1) is 27.4. The molecule has 0 saturated carbocycles. The number of thioether (sulfide) groups is 1. The van der Waals surface area contributed by atoms with E-state index in [9.17, 15) is 18.0 Å². The van der Waals surface area contributed by atoms with Gasteiger partial charge < -0.3 is 24.9 Å². The van der Waals surface area contributed by atoms with Crippen molar-refractivity contribution in [3.05, 3.63) is 138 Å². The molecule has 0 spiro atoms. The summed E-state index contributed by atoms with van der Waals surface area (Å²) < 4.78 is 29.0. The Morgan fingerprint density at radius 2 is 1.46 bits per heavy atom. The molecule has 1 aliphatic heterocycles. The number of hydrogen-bond acceptors (Lipinski definition) is 9. The van der Waals surface area contributed by atoms with Gasteiger partial charge in [-0.1, -0.05) is 48.5 Å². The predicted octanol–water partition coefficient (Wildman–Crippen LogP) is 7.33. The topological polar surface area (TPSA) is 105 Å². The Morgan fingerprint density at radius 1 is 0.789 bits per heavy atom. The van der Waals surface area contributed by atoms with Crippen LogP contribution in [0.4, 0.5) is 17.1 Å². The molecule has 2 N–H and O–H groups in total. The van der Waals surface area contributed by atoms with E-state index in [0.717, 1.165) is 52.5 Å². The molecule has 1 heterocycles. The van der Waals surface area contributed by atoms with Crippen molar-refractivity contribution in [3.8, 4) is 11.1 Å². The van der Waals surface area contributed by atoms with E-state index in [0.29, 0.717) is 31.7 Å². The normalized spacial score (nSPS) is 13.6. The van der Waals surface area contributed by atoms with Crippen LogP contribution < -0.4 is 19.8 Å². The highest BCUT2D eigenvalue weighted by Crippen LogP contribution is 2.29. The van der Waals surface area contributed by atoms with Gasteiger partial charge in [0.2, 0.25) is 0 Å². The predicted molar refractivity (Wildman–Crippen MR) is 234 cm³/mol. The molecule has 57 heavy (non-hydrogen) atoms. The zero-order valence-electron chi connectivity index (χ0n) is 33.3. The summed E-state index contributed by atoms with van der Waals surface area (Å²) in [6.45, 7) is 5.12. The second-order valence-electron chi connectivity index (χ2n) is 14.8. The molecule has 2 amide bonds. The van der Waals surface area contributed by atoms with Crippen LogP contribution in [0, 0.1) is 6.92 Å². The molecule has 10 nitrogen and oxygen atoms in total. The molecule has 1 saturated heterocycles. The first kappa shape index (κ1) is 41.3. The van der Waals surface area contributed by atoms with Crippen LogP contribution in [0.25, 0.3) is 11.1 Å². The minimum absolute atomic E-state index is 0.00148. The van der Waals surface area contributed by atoms with Gasteiger partial charge in [-0.05, 0) is 123 Å². The van der Waals surface area contributed by atoms with Crippen molar-refractivity contribution < 1.29 is 18.0 Å². The van der Waals surface area contributed by atoms with Gasteiger partial charge in [0.25, 0.3) is 21.8 Å². The maximum absolute atomic E-state index is 13.7. The summed E-state index contributed by atoms with van der Waals surface area (Å²) in [7, 11) is 3.98. The summed E-state index contributed by atoms with van der Waals surface area (Å²) in [6.07, 6.45) is 0.916. The van der Waals surface area contributed by atoms with Crippen molar-refractivity contribution in [1.82, 2.24) is 14.5 Å². The highest BCUT2D eigenvalue weighted by atomic mass is 32.2. The van der Waals surface area contributed by atoms with E-state index in [1.165, 1.54) is 11.0 Å². The van der Waals surface area contributed by atoms with Gasteiger partial charge >= 0.3 is 0 Å². The molecule has 6 rings (SSSR count). The molecule has 5 aromatic carbocycles. The number of aryl methyl sites for hydroxylation is 1. The summed E-state index contributed by atoms with van der Waals surface area (Å²) in [5, 5.41) is 3.62. The molecule has 0 bridgehead atoms. The van der Waals surface area contributed by atoms with Gasteiger partial charge in [0.1, 0.15) is 0 Å². The number of nitrogens with one attached hydrogen (secondary N) is 2. The van der Waals surface area contributed by atoms with Gasteiger partial charge in [-0.15, -0.1) is 11.8 Å². The Labute approximate surface area is 341 Å². The van der Waals surface area contributed by atoms with Gasteiger partial charge in [0.15, 0.2) is 0 Å². The average Bonchev–Trinajstić information content (AvgIpc) is 3.22. The van der Waals surface area contributed by atoms with Gasteiger partial charge in [-0.25, -0.2) is 13.1 Å². The highest BCUT2D eigenvalue weighted by molar-refractivity contribution is 7.99. The summed E-state index contributed by atoms with van der Waals surface area (Å²) in [5.41, 5.74) is 6.43. The van der Waals surface area contributed by atoms with Crippen molar-refractivity contribution in [3.63, 3.8) is 0 Å². The fourth-order valence-corrected chi connectivity index (χ4v) is 8.82. The molecule has 1 atom stereocenters. The average molecular weight is 805 g/mol. The van der Waals surface area contributed by atoms with Gasteiger partial charge in [0.05, 0.1) is 4.90 Å². The lowest BCUT2D eigenvalue weighted by Gasteiger charge is -2.36. The molecule has 12 heteroatoms. The standard InChI is InChI=1S/C45H52N6O4S2/c1-33-31-40(23-24-43(33)46-36(25-26-48(2)3)32-56-39-11-7-6-8-12-39)57(54,55)47-44(52)35-17-21-38(22-18-35)50-27-29-51(30-28-50)45(53)42-14-10-9-13-41(42)34-15-19-37(20-16-34)49(4)5/h6-24,31,36,46H,25-30,32H2,1-5H3,(H,47,52)/t36-/m1/s1. The number of carbonyl (C=O) groups is 2. The highest BCUT2D eigenvalue weighted by Gasteiger charge is 2.25. The Hall–Kier alpha value is -5.30. The van der Waals surface area contributed by atoms with E-state index in [4.69, 9.17) is 0 Å². The Balaban J connectivity index is 1.04. The van der Waals surface area contributed by atoms with Crippen molar-refractivity contribution in [2.75, 3.05) is 81.8 Å². The minimum atomic E-state index is -4.13. The van der Waals surface area contributed by atoms with Crippen LogP contribution in [0.3, 0.4) is 0 Å². The third kappa shape index (κ3) is 10.8. The number of amides is 2. The molecule has 5 aromatic rings. The second-order valence-corrected chi connectivity index (χ2v) is 17.6. The van der Waals surface area contributed by atoms with Crippen molar-refractivity contribution >= 4 is 50.7 Å². The quantitative estimate of drug-likeness (QED) is 0.105. The number of nitrogens with zero attached hydrogens (tertiary/aromatic N) is 4. The van der Waals surface area contributed by atoms with E-state index in [1.807, 2.05) is 97.5 Å². The van der Waals surface area contributed by atoms with Crippen molar-refractivity contribution in [1.29, 1.82) is 0 Å². The molecule has 0 aromatic heterocycles. The third-order valence-corrected chi connectivity index (χ3v) is 12.6. The summed E-state index contributed by atoms with van der Waals surface area (Å²) in [6, 6.07) is 38.2. The third-order valence-electron chi connectivity index (χ3n) is 10.1. The van der Waals surface area contributed by atoms with Crippen molar-refractivity contribution in [2.45, 2.75) is 29.2 Å². The van der Waals surface area contributed by atoms with Crippen LogP contribution in [0.2, 0.25) is 0 Å². The number of benzene rings is 5. The van der Waals surface area contributed by atoms with E-state index in [2.05, 4.69) is 58.2 Å². The second kappa shape index (κ2) is 18.8. The van der Waals surface area contributed by atoms with E-state index in [1.54, 1.807) is 36.0 Å².